The van der Waals surface area contributed by atoms with Crippen molar-refractivity contribution in [1.29, 1.82) is 0 Å². The Bertz CT molecular complexity index is 319. The fourth-order valence-corrected chi connectivity index (χ4v) is 4.84. The highest BCUT2D eigenvalue weighted by atomic mass is 16.5. The molecule has 0 aromatic rings. The summed E-state index contributed by atoms with van der Waals surface area (Å²) in [4.78, 5) is 0. The van der Waals surface area contributed by atoms with Gasteiger partial charge in [-0.05, 0) is 50.9 Å². The van der Waals surface area contributed by atoms with Crippen molar-refractivity contribution in [3.63, 3.8) is 0 Å². The standard InChI is InChI=1S/C17H30O3/c1-19-15-6-5-10-17(18,13-15)14-7-11-20-16(12-14)8-3-2-4-9-16/h14-15,18H,2-13H2,1H3. The molecule has 1 aliphatic heterocycles. The number of methoxy groups -OCH3 is 1. The van der Waals surface area contributed by atoms with E-state index in [0.717, 1.165) is 45.1 Å². The van der Waals surface area contributed by atoms with Crippen molar-refractivity contribution in [3.05, 3.63) is 0 Å². The maximum Gasteiger partial charge on any atom is 0.0702 e. The molecule has 20 heavy (non-hydrogen) atoms. The molecule has 0 aromatic heterocycles. The molecule has 2 aliphatic carbocycles. The van der Waals surface area contributed by atoms with E-state index in [1.54, 1.807) is 7.11 Å². The maximum absolute atomic E-state index is 11.2. The lowest BCUT2D eigenvalue weighted by molar-refractivity contribution is -0.173. The van der Waals surface area contributed by atoms with Crippen LogP contribution in [0, 0.1) is 5.92 Å². The first kappa shape index (κ1) is 14.8. The molecule has 0 radical (unpaired) electrons. The normalized spacial score (nSPS) is 41.7. The molecular weight excluding hydrogens is 252 g/mol. The first-order valence-corrected chi connectivity index (χ1v) is 8.55. The van der Waals surface area contributed by atoms with Crippen LogP contribution < -0.4 is 0 Å². The van der Waals surface area contributed by atoms with Crippen molar-refractivity contribution in [3.8, 4) is 0 Å². The largest absolute Gasteiger partial charge is 0.389 e. The zero-order chi connectivity index (χ0) is 14.1. The molecule has 3 nitrogen and oxygen atoms in total. The van der Waals surface area contributed by atoms with Gasteiger partial charge < -0.3 is 14.6 Å². The molecule has 2 saturated carbocycles. The molecule has 1 heterocycles. The van der Waals surface area contributed by atoms with Crippen LogP contribution in [0.5, 0.6) is 0 Å². The van der Waals surface area contributed by atoms with Gasteiger partial charge in [0.15, 0.2) is 0 Å². The van der Waals surface area contributed by atoms with E-state index in [1.807, 2.05) is 0 Å². The van der Waals surface area contributed by atoms with Gasteiger partial charge in [0.1, 0.15) is 0 Å². The zero-order valence-corrected chi connectivity index (χ0v) is 12.9. The lowest BCUT2D eigenvalue weighted by Gasteiger charge is -2.50. The van der Waals surface area contributed by atoms with Gasteiger partial charge >= 0.3 is 0 Å². The van der Waals surface area contributed by atoms with Gasteiger partial charge in [0.2, 0.25) is 0 Å². The van der Waals surface area contributed by atoms with Crippen molar-refractivity contribution in [2.24, 2.45) is 5.92 Å². The van der Waals surface area contributed by atoms with Crippen molar-refractivity contribution in [2.75, 3.05) is 13.7 Å². The van der Waals surface area contributed by atoms with E-state index < -0.39 is 5.60 Å². The Labute approximate surface area is 123 Å². The summed E-state index contributed by atoms with van der Waals surface area (Å²) in [6.07, 6.45) is 12.7. The van der Waals surface area contributed by atoms with E-state index in [2.05, 4.69) is 0 Å². The molecule has 1 N–H and O–H groups in total. The molecule has 3 aliphatic rings. The molecular formula is C17H30O3. The number of hydrogen-bond donors (Lipinski definition) is 1. The highest BCUT2D eigenvalue weighted by Gasteiger charge is 2.47. The Balaban J connectivity index is 1.69. The van der Waals surface area contributed by atoms with Crippen LogP contribution in [0.15, 0.2) is 0 Å². The predicted octanol–water partition coefficient (Wildman–Crippen LogP) is 3.44. The third-order valence-corrected chi connectivity index (χ3v) is 6.07. The first-order chi connectivity index (χ1) is 9.66. The summed E-state index contributed by atoms with van der Waals surface area (Å²) in [5.74, 6) is 0.410. The molecule has 0 bridgehead atoms. The second kappa shape index (κ2) is 5.94. The Morgan fingerprint density at radius 3 is 2.55 bits per heavy atom. The van der Waals surface area contributed by atoms with Gasteiger partial charge in [-0.1, -0.05) is 19.3 Å². The van der Waals surface area contributed by atoms with E-state index in [0.29, 0.717) is 5.92 Å². The smallest absolute Gasteiger partial charge is 0.0702 e. The molecule has 3 heteroatoms. The molecule has 0 aromatic carbocycles. The van der Waals surface area contributed by atoms with Gasteiger partial charge in [0.25, 0.3) is 0 Å². The summed E-state index contributed by atoms with van der Waals surface area (Å²) in [7, 11) is 1.78. The minimum Gasteiger partial charge on any atom is -0.389 e. The third kappa shape index (κ3) is 2.90. The van der Waals surface area contributed by atoms with Crippen LogP contribution in [-0.2, 0) is 9.47 Å². The van der Waals surface area contributed by atoms with Crippen LogP contribution in [0.1, 0.15) is 70.6 Å². The van der Waals surface area contributed by atoms with Crippen LogP contribution in [-0.4, -0.2) is 36.1 Å². The topological polar surface area (TPSA) is 38.7 Å². The summed E-state index contributed by atoms with van der Waals surface area (Å²) >= 11 is 0. The second-order valence-corrected chi connectivity index (χ2v) is 7.34. The first-order valence-electron chi connectivity index (χ1n) is 8.55. The minimum absolute atomic E-state index is 0.0942. The average Bonchev–Trinajstić information content (AvgIpc) is 2.48. The maximum atomic E-state index is 11.2. The van der Waals surface area contributed by atoms with Crippen LogP contribution in [0.4, 0.5) is 0 Å². The Kier molecular flexibility index (Phi) is 4.40. The summed E-state index contributed by atoms with van der Waals surface area (Å²) in [5, 5.41) is 11.2. The van der Waals surface area contributed by atoms with E-state index in [-0.39, 0.29) is 11.7 Å². The summed E-state index contributed by atoms with van der Waals surface area (Å²) in [5.41, 5.74) is -0.413. The van der Waals surface area contributed by atoms with E-state index in [1.165, 1.54) is 32.1 Å². The Hall–Kier alpha value is -0.120. The molecule has 3 unspecified atom stereocenters. The van der Waals surface area contributed by atoms with Crippen LogP contribution in [0.25, 0.3) is 0 Å². The minimum atomic E-state index is -0.507. The molecule has 3 atom stereocenters. The van der Waals surface area contributed by atoms with E-state index in [9.17, 15) is 5.11 Å². The number of aliphatic hydroxyl groups is 1. The lowest BCUT2D eigenvalue weighted by atomic mass is 9.66. The molecule has 116 valence electrons. The number of ether oxygens (including phenoxy) is 2. The SMILES string of the molecule is COC1CCCC(O)(C2CCOC3(CCCCC3)C2)C1. The van der Waals surface area contributed by atoms with Gasteiger partial charge in [-0.3, -0.25) is 0 Å². The van der Waals surface area contributed by atoms with Crippen molar-refractivity contribution in [1.82, 2.24) is 0 Å². The van der Waals surface area contributed by atoms with Gasteiger partial charge in [-0.15, -0.1) is 0 Å². The predicted molar refractivity (Wildman–Crippen MR) is 78.7 cm³/mol. The Morgan fingerprint density at radius 2 is 1.80 bits per heavy atom. The average molecular weight is 282 g/mol. The van der Waals surface area contributed by atoms with Gasteiger partial charge in [-0.2, -0.15) is 0 Å². The van der Waals surface area contributed by atoms with Crippen molar-refractivity contribution >= 4 is 0 Å². The molecule has 1 spiro atoms. The van der Waals surface area contributed by atoms with Gasteiger partial charge in [0, 0.05) is 20.1 Å². The van der Waals surface area contributed by atoms with Crippen LogP contribution >= 0.6 is 0 Å². The third-order valence-electron chi connectivity index (χ3n) is 6.07. The lowest BCUT2D eigenvalue weighted by Crippen LogP contribution is -2.52. The van der Waals surface area contributed by atoms with Crippen LogP contribution in [0.3, 0.4) is 0 Å². The van der Waals surface area contributed by atoms with E-state index in [4.69, 9.17) is 9.47 Å². The fraction of sp³-hybridized carbons (Fsp3) is 1.00. The van der Waals surface area contributed by atoms with Crippen molar-refractivity contribution < 1.29 is 14.6 Å². The molecule has 3 rings (SSSR count). The van der Waals surface area contributed by atoms with Crippen LogP contribution in [0.2, 0.25) is 0 Å². The second-order valence-electron chi connectivity index (χ2n) is 7.34. The molecule has 3 fully saturated rings. The Morgan fingerprint density at radius 1 is 1.00 bits per heavy atom. The highest BCUT2D eigenvalue weighted by Crippen LogP contribution is 2.47. The number of rotatable bonds is 2. The zero-order valence-electron chi connectivity index (χ0n) is 12.9. The molecule has 0 amide bonds. The summed E-state index contributed by atoms with van der Waals surface area (Å²) < 4.78 is 11.7. The van der Waals surface area contributed by atoms with E-state index >= 15 is 0 Å². The summed E-state index contributed by atoms with van der Waals surface area (Å²) in [6.45, 7) is 0.838. The van der Waals surface area contributed by atoms with Crippen molar-refractivity contribution in [2.45, 2.75) is 87.9 Å². The highest BCUT2D eigenvalue weighted by molar-refractivity contribution is 4.99. The number of hydrogen-bond acceptors (Lipinski definition) is 3. The monoisotopic (exact) mass is 282 g/mol. The van der Waals surface area contributed by atoms with Gasteiger partial charge in [0.05, 0.1) is 17.3 Å². The quantitative estimate of drug-likeness (QED) is 0.843. The fourth-order valence-electron chi connectivity index (χ4n) is 4.84. The molecule has 1 saturated heterocycles. The summed E-state index contributed by atoms with van der Waals surface area (Å²) in [6, 6.07) is 0. The van der Waals surface area contributed by atoms with Gasteiger partial charge in [-0.25, -0.2) is 0 Å².